The van der Waals surface area contributed by atoms with E-state index in [2.05, 4.69) is 4.98 Å². The van der Waals surface area contributed by atoms with Gasteiger partial charge in [-0.15, -0.1) is 0 Å². The number of halogens is 1. The van der Waals surface area contributed by atoms with Crippen molar-refractivity contribution in [1.82, 2.24) is 4.98 Å². The normalized spacial score (nSPS) is 17.5. The Balaban J connectivity index is 1.76. The third kappa shape index (κ3) is 3.63. The van der Waals surface area contributed by atoms with Gasteiger partial charge < -0.3 is 9.84 Å². The number of methoxy groups -OCH3 is 1. The third-order valence-corrected chi connectivity index (χ3v) is 7.00. The number of hydrogen-bond donors (Lipinski definition) is 1. The number of aryl methyl sites for hydroxylation is 1. The number of nitrogens with zero attached hydrogens (tertiary/aromatic N) is 2. The number of carbonyl (C=O) groups excluding carboxylic acids is 2. The summed E-state index contributed by atoms with van der Waals surface area (Å²) in [6.45, 7) is 1.98. The number of fused-ring (bicyclic) bond motifs is 1. The van der Waals surface area contributed by atoms with Crippen molar-refractivity contribution in [2.45, 2.75) is 13.0 Å². The molecule has 3 aromatic carbocycles. The molecule has 0 radical (unpaired) electrons. The number of anilines is 1. The van der Waals surface area contributed by atoms with Crippen LogP contribution in [0.3, 0.4) is 0 Å². The number of aromatic nitrogens is 1. The standard InChI is InChI=1S/C26H19ClN2O4S/c1-14-7-12-18-20(13-14)34-26(28-18)29-22(17-5-3-4-6-19(17)33-2)21(24(31)25(29)32)23(30)15-8-10-16(27)11-9-15/h3-13,22,30H,1-2H3/b23-21+/t22-/m1/s1. The summed E-state index contributed by atoms with van der Waals surface area (Å²) in [7, 11) is 1.52. The summed E-state index contributed by atoms with van der Waals surface area (Å²) in [5, 5.41) is 12.1. The monoisotopic (exact) mass is 490 g/mol. The molecule has 1 saturated heterocycles. The molecule has 170 valence electrons. The maximum Gasteiger partial charge on any atom is 0.301 e. The summed E-state index contributed by atoms with van der Waals surface area (Å²) in [5.41, 5.74) is 2.70. The molecule has 1 aromatic heterocycles. The number of aliphatic hydroxyl groups excluding tert-OH is 1. The van der Waals surface area contributed by atoms with Crippen LogP contribution in [0, 0.1) is 6.92 Å². The second kappa shape index (κ2) is 8.59. The second-order valence-electron chi connectivity index (χ2n) is 7.89. The topological polar surface area (TPSA) is 79.7 Å². The van der Waals surface area contributed by atoms with E-state index in [1.165, 1.54) is 23.3 Å². The molecule has 0 saturated carbocycles. The number of thiazole rings is 1. The maximum atomic E-state index is 13.4. The highest BCUT2D eigenvalue weighted by molar-refractivity contribution is 7.22. The molecule has 1 amide bonds. The number of amides is 1. The average molecular weight is 491 g/mol. The molecule has 1 aliphatic heterocycles. The molecule has 4 aromatic rings. The first-order valence-corrected chi connectivity index (χ1v) is 11.7. The van der Waals surface area contributed by atoms with Crippen molar-refractivity contribution in [2.24, 2.45) is 0 Å². The molecule has 2 heterocycles. The van der Waals surface area contributed by atoms with E-state index in [-0.39, 0.29) is 11.3 Å². The van der Waals surface area contributed by atoms with Crippen LogP contribution in [0.1, 0.15) is 22.7 Å². The maximum absolute atomic E-state index is 13.4. The minimum Gasteiger partial charge on any atom is -0.507 e. The highest BCUT2D eigenvalue weighted by Gasteiger charge is 2.49. The van der Waals surface area contributed by atoms with Gasteiger partial charge in [0.15, 0.2) is 5.13 Å². The van der Waals surface area contributed by atoms with Crippen molar-refractivity contribution in [3.8, 4) is 5.75 Å². The molecule has 0 spiro atoms. The fourth-order valence-corrected chi connectivity index (χ4v) is 5.32. The lowest BCUT2D eigenvalue weighted by molar-refractivity contribution is -0.132. The number of ether oxygens (including phenoxy) is 1. The highest BCUT2D eigenvalue weighted by Crippen LogP contribution is 2.46. The number of benzene rings is 3. The Labute approximate surface area is 204 Å². The summed E-state index contributed by atoms with van der Waals surface area (Å²) >= 11 is 7.31. The summed E-state index contributed by atoms with van der Waals surface area (Å²) in [4.78, 5) is 32.7. The molecule has 1 fully saturated rings. The van der Waals surface area contributed by atoms with E-state index >= 15 is 0 Å². The molecule has 1 atom stereocenters. The smallest absolute Gasteiger partial charge is 0.301 e. The Morgan fingerprint density at radius 1 is 1.09 bits per heavy atom. The third-order valence-electron chi connectivity index (χ3n) is 5.73. The molecular weight excluding hydrogens is 472 g/mol. The van der Waals surface area contributed by atoms with Crippen molar-refractivity contribution in [3.63, 3.8) is 0 Å². The summed E-state index contributed by atoms with van der Waals surface area (Å²) < 4.78 is 6.45. The first-order chi connectivity index (χ1) is 16.4. The lowest BCUT2D eigenvalue weighted by Gasteiger charge is -2.24. The van der Waals surface area contributed by atoms with E-state index < -0.39 is 17.7 Å². The van der Waals surface area contributed by atoms with Gasteiger partial charge in [-0.3, -0.25) is 14.5 Å². The molecule has 0 unspecified atom stereocenters. The molecule has 1 aliphatic rings. The quantitative estimate of drug-likeness (QED) is 0.219. The summed E-state index contributed by atoms with van der Waals surface area (Å²) in [5.74, 6) is -1.36. The molecular formula is C26H19ClN2O4S. The molecule has 34 heavy (non-hydrogen) atoms. The van der Waals surface area contributed by atoms with Gasteiger partial charge in [0, 0.05) is 16.1 Å². The molecule has 6 nitrogen and oxygen atoms in total. The second-order valence-corrected chi connectivity index (χ2v) is 9.33. The van der Waals surface area contributed by atoms with Crippen LogP contribution in [0.2, 0.25) is 5.02 Å². The van der Waals surface area contributed by atoms with E-state index in [1.54, 1.807) is 48.5 Å². The van der Waals surface area contributed by atoms with Crippen LogP contribution >= 0.6 is 22.9 Å². The van der Waals surface area contributed by atoms with Crippen molar-refractivity contribution >= 4 is 55.7 Å². The zero-order valence-electron chi connectivity index (χ0n) is 18.3. The van der Waals surface area contributed by atoms with Crippen molar-refractivity contribution in [1.29, 1.82) is 0 Å². The SMILES string of the molecule is COc1ccccc1[C@@H]1/C(=C(\O)c2ccc(Cl)cc2)C(=O)C(=O)N1c1nc2ccc(C)cc2s1. The predicted octanol–water partition coefficient (Wildman–Crippen LogP) is 5.89. The molecule has 0 bridgehead atoms. The Morgan fingerprint density at radius 3 is 2.56 bits per heavy atom. The Bertz CT molecular complexity index is 1480. The fraction of sp³-hybridized carbons (Fsp3) is 0.115. The number of rotatable bonds is 4. The van der Waals surface area contributed by atoms with E-state index in [9.17, 15) is 14.7 Å². The van der Waals surface area contributed by atoms with Crippen molar-refractivity contribution < 1.29 is 19.4 Å². The van der Waals surface area contributed by atoms with Gasteiger partial charge in [0.25, 0.3) is 5.78 Å². The molecule has 5 rings (SSSR count). The number of carbonyl (C=O) groups is 2. The van der Waals surface area contributed by atoms with Crippen LogP contribution in [-0.4, -0.2) is 28.9 Å². The Kier molecular flexibility index (Phi) is 5.59. The summed E-state index contributed by atoms with van der Waals surface area (Å²) in [6.07, 6.45) is 0. The van der Waals surface area contributed by atoms with Gasteiger partial charge in [-0.05, 0) is 55.0 Å². The number of hydrogen-bond acceptors (Lipinski definition) is 6. The van der Waals surface area contributed by atoms with Crippen molar-refractivity contribution in [2.75, 3.05) is 12.0 Å². The number of ketones is 1. The Hall–Kier alpha value is -3.68. The number of Topliss-reactive ketones (excluding diaryl/α,β-unsaturated/α-hetero) is 1. The minimum absolute atomic E-state index is 0.0349. The van der Waals surface area contributed by atoms with Crippen LogP contribution < -0.4 is 9.64 Å². The number of para-hydroxylation sites is 1. The van der Waals surface area contributed by atoms with Crippen LogP contribution in [0.4, 0.5) is 5.13 Å². The lowest BCUT2D eigenvalue weighted by Crippen LogP contribution is -2.29. The summed E-state index contributed by atoms with van der Waals surface area (Å²) in [6, 6.07) is 18.4. The fourth-order valence-electron chi connectivity index (χ4n) is 4.10. The van der Waals surface area contributed by atoms with Gasteiger partial charge in [0.1, 0.15) is 17.6 Å². The van der Waals surface area contributed by atoms with Crippen LogP contribution in [0.5, 0.6) is 5.75 Å². The molecule has 8 heteroatoms. The zero-order chi connectivity index (χ0) is 24.0. The van der Waals surface area contributed by atoms with Crippen LogP contribution in [0.25, 0.3) is 16.0 Å². The van der Waals surface area contributed by atoms with Gasteiger partial charge in [-0.1, -0.05) is 47.2 Å². The Morgan fingerprint density at radius 2 is 1.82 bits per heavy atom. The van der Waals surface area contributed by atoms with Gasteiger partial charge in [0.2, 0.25) is 0 Å². The van der Waals surface area contributed by atoms with Crippen LogP contribution in [0.15, 0.2) is 72.3 Å². The van der Waals surface area contributed by atoms with E-state index in [0.717, 1.165) is 15.8 Å². The number of aliphatic hydroxyl groups is 1. The van der Waals surface area contributed by atoms with E-state index in [0.29, 0.717) is 27.0 Å². The molecule has 1 N–H and O–H groups in total. The lowest BCUT2D eigenvalue weighted by atomic mass is 9.95. The van der Waals surface area contributed by atoms with Gasteiger partial charge >= 0.3 is 5.91 Å². The van der Waals surface area contributed by atoms with E-state index in [1.807, 2.05) is 25.1 Å². The van der Waals surface area contributed by atoms with Crippen LogP contribution in [-0.2, 0) is 9.59 Å². The first kappa shape index (κ1) is 22.1. The average Bonchev–Trinajstić information content (AvgIpc) is 3.36. The van der Waals surface area contributed by atoms with Gasteiger partial charge in [-0.2, -0.15) is 0 Å². The predicted molar refractivity (Wildman–Crippen MR) is 134 cm³/mol. The minimum atomic E-state index is -0.923. The largest absolute Gasteiger partial charge is 0.507 e. The van der Waals surface area contributed by atoms with Gasteiger partial charge in [0.05, 0.1) is 22.9 Å². The van der Waals surface area contributed by atoms with Gasteiger partial charge in [-0.25, -0.2) is 4.98 Å². The first-order valence-electron chi connectivity index (χ1n) is 10.5. The highest BCUT2D eigenvalue weighted by atomic mass is 35.5. The molecule has 0 aliphatic carbocycles. The van der Waals surface area contributed by atoms with Crippen molar-refractivity contribution in [3.05, 3.63) is 94.0 Å². The zero-order valence-corrected chi connectivity index (χ0v) is 19.9. The van der Waals surface area contributed by atoms with E-state index in [4.69, 9.17) is 16.3 Å².